The van der Waals surface area contributed by atoms with Crippen LogP contribution in [0.2, 0.25) is 0 Å². The number of aromatic nitrogens is 1. The molecule has 2 atom stereocenters. The molecule has 2 unspecified atom stereocenters. The van der Waals surface area contributed by atoms with Crippen molar-refractivity contribution in [3.8, 4) is 0 Å². The number of carbonyl (C=O) groups excluding carboxylic acids is 1. The number of anilines is 1. The second-order valence-electron chi connectivity index (χ2n) is 8.48. The van der Waals surface area contributed by atoms with Crippen LogP contribution < -0.4 is 16.0 Å². The van der Waals surface area contributed by atoms with Crippen molar-refractivity contribution in [3.05, 3.63) is 123 Å². The molecule has 2 aromatic carbocycles. The van der Waals surface area contributed by atoms with E-state index in [4.69, 9.17) is 0 Å². The van der Waals surface area contributed by atoms with E-state index in [0.717, 1.165) is 32.0 Å². The van der Waals surface area contributed by atoms with Gasteiger partial charge in [-0.05, 0) is 54.4 Å². The first-order chi connectivity index (χ1) is 17.5. The van der Waals surface area contributed by atoms with Crippen LogP contribution >= 0.6 is 11.3 Å². The Labute approximate surface area is 212 Å². The monoisotopic (exact) mass is 500 g/mol. The quantitative estimate of drug-likeness (QED) is 0.274. The number of hydrogen-bond donors (Lipinski definition) is 4. The molecule has 0 saturated heterocycles. The first-order valence-electron chi connectivity index (χ1n) is 11.6. The Balaban J connectivity index is 1.28. The molecule has 8 heteroatoms. The Hall–Kier alpha value is -4.01. The predicted molar refractivity (Wildman–Crippen MR) is 140 cm³/mol. The van der Waals surface area contributed by atoms with Crippen molar-refractivity contribution >= 4 is 28.6 Å². The van der Waals surface area contributed by atoms with Gasteiger partial charge in [-0.2, -0.15) is 0 Å². The third-order valence-electron chi connectivity index (χ3n) is 6.06. The predicted octanol–water partition coefficient (Wildman–Crippen LogP) is 5.37. The average Bonchev–Trinajstić information content (AvgIpc) is 3.37. The number of nitrogens with zero attached hydrogens (tertiary/aromatic N) is 1. The minimum atomic E-state index is -0.717. The van der Waals surface area contributed by atoms with E-state index in [1.54, 1.807) is 41.8 Å². The van der Waals surface area contributed by atoms with Crippen LogP contribution in [-0.2, 0) is 6.54 Å². The maximum atomic E-state index is 13.2. The van der Waals surface area contributed by atoms with E-state index in [9.17, 15) is 14.3 Å². The molecule has 3 heterocycles. The molecule has 0 saturated carbocycles. The molecule has 0 radical (unpaired) electrons. The van der Waals surface area contributed by atoms with Crippen molar-refractivity contribution in [3.63, 3.8) is 0 Å². The number of pyridine rings is 1. The van der Waals surface area contributed by atoms with Gasteiger partial charge in [-0.1, -0.05) is 36.4 Å². The summed E-state index contributed by atoms with van der Waals surface area (Å²) in [6.45, 7) is 2.36. The summed E-state index contributed by atoms with van der Waals surface area (Å²) in [5, 5.41) is 19.5. The molecule has 1 amide bonds. The summed E-state index contributed by atoms with van der Waals surface area (Å²) in [4.78, 5) is 19.5. The second kappa shape index (κ2) is 10.3. The molecule has 2 aromatic heterocycles. The topological polar surface area (TPSA) is 86.3 Å². The van der Waals surface area contributed by atoms with E-state index in [2.05, 4.69) is 27.0 Å². The van der Waals surface area contributed by atoms with Gasteiger partial charge in [-0.3, -0.25) is 4.79 Å². The summed E-state index contributed by atoms with van der Waals surface area (Å²) in [5.74, 6) is -0.0863. The maximum absolute atomic E-state index is 13.2. The minimum Gasteiger partial charge on any atom is -0.369 e. The molecule has 0 bridgehead atoms. The summed E-state index contributed by atoms with van der Waals surface area (Å²) in [5.41, 5.74) is 4.13. The third-order valence-corrected chi connectivity index (χ3v) is 7.18. The normalized spacial score (nSPS) is 15.3. The van der Waals surface area contributed by atoms with Gasteiger partial charge in [0.2, 0.25) is 0 Å². The Bertz CT molecular complexity index is 1420. The zero-order valence-electron chi connectivity index (χ0n) is 19.5. The van der Waals surface area contributed by atoms with Crippen LogP contribution in [0.4, 0.5) is 10.2 Å². The lowest BCUT2D eigenvalue weighted by Gasteiger charge is -2.22. The lowest BCUT2D eigenvalue weighted by molar-refractivity contribution is 0.0940. The van der Waals surface area contributed by atoms with Crippen molar-refractivity contribution in [2.45, 2.75) is 25.7 Å². The first-order valence-corrected chi connectivity index (χ1v) is 12.4. The number of carbonyl (C=O) groups is 1. The van der Waals surface area contributed by atoms with Crippen LogP contribution in [0.5, 0.6) is 0 Å². The second-order valence-corrected chi connectivity index (χ2v) is 9.65. The number of thiophene rings is 1. The summed E-state index contributed by atoms with van der Waals surface area (Å²) in [6.07, 6.45) is 2.77. The Morgan fingerprint density at radius 1 is 1.11 bits per heavy atom. The van der Waals surface area contributed by atoms with Crippen molar-refractivity contribution in [2.75, 3.05) is 5.32 Å². The molecule has 5 rings (SSSR count). The number of aliphatic hydroxyl groups excluding tert-OH is 1. The molecule has 6 nitrogen and oxygen atoms in total. The zero-order chi connectivity index (χ0) is 25.1. The summed E-state index contributed by atoms with van der Waals surface area (Å²) in [7, 11) is 0. The Morgan fingerprint density at radius 2 is 1.92 bits per heavy atom. The molecule has 1 aliphatic rings. The van der Waals surface area contributed by atoms with Crippen LogP contribution in [-0.4, -0.2) is 16.0 Å². The highest BCUT2D eigenvalue weighted by atomic mass is 32.1. The molecule has 4 N–H and O–H groups in total. The van der Waals surface area contributed by atoms with Gasteiger partial charge in [-0.15, -0.1) is 11.3 Å². The molecular formula is C28H25FN4O2S. The fraction of sp³-hybridized carbons (Fsp3) is 0.143. The summed E-state index contributed by atoms with van der Waals surface area (Å²) in [6, 6.07) is 21.1. The number of nitrogens with one attached hydrogen (secondary N) is 3. The van der Waals surface area contributed by atoms with Crippen LogP contribution in [0.15, 0.2) is 85.2 Å². The molecule has 36 heavy (non-hydrogen) atoms. The van der Waals surface area contributed by atoms with E-state index >= 15 is 0 Å². The van der Waals surface area contributed by atoms with Gasteiger partial charge in [0.15, 0.2) is 6.23 Å². The lowest BCUT2D eigenvalue weighted by atomic mass is 9.96. The Kier molecular flexibility index (Phi) is 6.79. The molecular weight excluding hydrogens is 475 g/mol. The molecule has 0 spiro atoms. The molecule has 0 aliphatic carbocycles. The average molecular weight is 501 g/mol. The van der Waals surface area contributed by atoms with Crippen LogP contribution in [0.3, 0.4) is 0 Å². The molecule has 0 fully saturated rings. The van der Waals surface area contributed by atoms with Crippen LogP contribution in [0.25, 0.3) is 5.57 Å². The smallest absolute Gasteiger partial charge is 0.255 e. The van der Waals surface area contributed by atoms with Crippen molar-refractivity contribution < 1.29 is 14.3 Å². The van der Waals surface area contributed by atoms with E-state index in [1.807, 2.05) is 43.5 Å². The minimum absolute atomic E-state index is 0.261. The van der Waals surface area contributed by atoms with Crippen LogP contribution in [0, 0.1) is 5.82 Å². The number of hydrogen-bond acceptors (Lipinski definition) is 6. The fourth-order valence-corrected chi connectivity index (χ4v) is 5.12. The van der Waals surface area contributed by atoms with Gasteiger partial charge in [0.1, 0.15) is 11.6 Å². The van der Waals surface area contributed by atoms with Crippen molar-refractivity contribution in [2.24, 2.45) is 0 Å². The Morgan fingerprint density at radius 3 is 2.75 bits per heavy atom. The van der Waals surface area contributed by atoms with Gasteiger partial charge >= 0.3 is 0 Å². The van der Waals surface area contributed by atoms with E-state index in [0.29, 0.717) is 17.9 Å². The van der Waals surface area contributed by atoms with Gasteiger partial charge in [0.05, 0.1) is 18.2 Å². The molecule has 4 aromatic rings. The first kappa shape index (κ1) is 23.7. The summed E-state index contributed by atoms with van der Waals surface area (Å²) < 4.78 is 13.2. The van der Waals surface area contributed by atoms with Crippen molar-refractivity contribution in [1.29, 1.82) is 0 Å². The third kappa shape index (κ3) is 5.00. The molecule has 182 valence electrons. The largest absolute Gasteiger partial charge is 0.369 e. The SMILES string of the molecule is CC(NC(=O)c1cccnc1NCc1ccc(C2=CNC(O)c3ccccc32)s1)c1ccc(F)cc1. The van der Waals surface area contributed by atoms with Crippen molar-refractivity contribution in [1.82, 2.24) is 15.6 Å². The van der Waals surface area contributed by atoms with E-state index in [1.165, 1.54) is 12.1 Å². The fourth-order valence-electron chi connectivity index (χ4n) is 4.14. The lowest BCUT2D eigenvalue weighted by Crippen LogP contribution is -2.27. The standard InChI is InChI=1S/C28H25FN4O2S/c1-17(18-8-10-19(29)11-9-18)33-28(35)23-7-4-14-30-26(23)31-15-20-12-13-25(36-20)24-16-32-27(34)22-6-3-2-5-21(22)24/h2-14,16-17,27,32,34H,15H2,1H3,(H,30,31)(H,33,35). The maximum Gasteiger partial charge on any atom is 0.255 e. The van der Waals surface area contributed by atoms with Crippen LogP contribution in [0.1, 0.15) is 56.0 Å². The van der Waals surface area contributed by atoms with Gasteiger partial charge in [0, 0.05) is 33.3 Å². The number of halogens is 1. The highest BCUT2D eigenvalue weighted by Gasteiger charge is 2.21. The number of aliphatic hydroxyl groups is 1. The van der Waals surface area contributed by atoms with E-state index < -0.39 is 6.23 Å². The van der Waals surface area contributed by atoms with Gasteiger partial charge in [0.25, 0.3) is 5.91 Å². The number of fused-ring (bicyclic) bond motifs is 1. The van der Waals surface area contributed by atoms with Gasteiger partial charge in [-0.25, -0.2) is 9.37 Å². The number of amides is 1. The number of benzene rings is 2. The highest BCUT2D eigenvalue weighted by Crippen LogP contribution is 2.35. The zero-order valence-corrected chi connectivity index (χ0v) is 20.4. The highest BCUT2D eigenvalue weighted by molar-refractivity contribution is 7.13. The van der Waals surface area contributed by atoms with Gasteiger partial charge < -0.3 is 21.1 Å². The van der Waals surface area contributed by atoms with E-state index in [-0.39, 0.29) is 17.8 Å². The number of rotatable bonds is 7. The summed E-state index contributed by atoms with van der Waals surface area (Å²) >= 11 is 1.64. The molecule has 1 aliphatic heterocycles.